The van der Waals surface area contributed by atoms with Gasteiger partial charge in [-0.25, -0.2) is 4.98 Å². The van der Waals surface area contributed by atoms with Gasteiger partial charge in [-0.1, -0.05) is 0 Å². The van der Waals surface area contributed by atoms with Crippen molar-refractivity contribution in [3.8, 4) is 0 Å². The molecule has 0 amide bonds. The van der Waals surface area contributed by atoms with Crippen molar-refractivity contribution in [3.05, 3.63) is 10.9 Å². The molecule has 1 saturated heterocycles. The summed E-state index contributed by atoms with van der Waals surface area (Å²) < 4.78 is 5.27. The third kappa shape index (κ3) is 3.09. The van der Waals surface area contributed by atoms with Crippen LogP contribution in [0.3, 0.4) is 0 Å². The van der Waals surface area contributed by atoms with E-state index in [1.807, 2.05) is 6.92 Å². The molecule has 2 aromatic heterocycles. The maximum Gasteiger partial charge on any atom is 0.226 e. The van der Waals surface area contributed by atoms with E-state index in [-0.39, 0.29) is 0 Å². The third-order valence-corrected chi connectivity index (χ3v) is 4.46. The Balaban J connectivity index is 1.88. The molecule has 1 aliphatic rings. The largest absolute Gasteiger partial charge is 0.386 e. The number of thiophene rings is 1. The van der Waals surface area contributed by atoms with Crippen molar-refractivity contribution in [2.75, 3.05) is 36.9 Å². The van der Waals surface area contributed by atoms with Gasteiger partial charge in [0.2, 0.25) is 5.95 Å². The average Bonchev–Trinajstić information content (AvgIpc) is 3.02. The van der Waals surface area contributed by atoms with E-state index in [4.69, 9.17) is 4.74 Å². The second-order valence-electron chi connectivity index (χ2n) is 5.38. The molecule has 3 rings (SSSR count). The zero-order chi connectivity index (χ0) is 14.9. The molecule has 7 heteroatoms. The van der Waals surface area contributed by atoms with Crippen LogP contribution >= 0.6 is 11.3 Å². The number of nitrogens with one attached hydrogen (secondary N) is 2. The quantitative estimate of drug-likeness (QED) is 0.784. The number of hydrogen-bond donors (Lipinski definition) is 3. The first kappa shape index (κ1) is 14.5. The van der Waals surface area contributed by atoms with Crippen molar-refractivity contribution in [1.29, 1.82) is 0 Å². The summed E-state index contributed by atoms with van der Waals surface area (Å²) in [7, 11) is 0. The van der Waals surface area contributed by atoms with Crippen LogP contribution < -0.4 is 10.6 Å². The van der Waals surface area contributed by atoms with Crippen LogP contribution in [0, 0.1) is 6.92 Å². The lowest BCUT2D eigenvalue weighted by molar-refractivity contribution is 0.0381. The zero-order valence-electron chi connectivity index (χ0n) is 12.3. The SMILES string of the molecule is CCNc1nc(NCC2(O)CCOC2)c2cc(C)sc2n1. The molecule has 0 bridgehead atoms. The molecule has 1 aliphatic heterocycles. The van der Waals surface area contributed by atoms with Crippen molar-refractivity contribution in [1.82, 2.24) is 9.97 Å². The van der Waals surface area contributed by atoms with Crippen LogP contribution in [-0.2, 0) is 4.74 Å². The van der Waals surface area contributed by atoms with Gasteiger partial charge in [0.1, 0.15) is 16.2 Å². The summed E-state index contributed by atoms with van der Waals surface area (Å²) in [4.78, 5) is 11.2. The maximum atomic E-state index is 10.4. The zero-order valence-corrected chi connectivity index (χ0v) is 13.1. The van der Waals surface area contributed by atoms with Gasteiger partial charge >= 0.3 is 0 Å². The van der Waals surface area contributed by atoms with E-state index >= 15 is 0 Å². The first-order valence-corrected chi connectivity index (χ1v) is 7.97. The van der Waals surface area contributed by atoms with Gasteiger partial charge in [0.05, 0.1) is 12.0 Å². The summed E-state index contributed by atoms with van der Waals surface area (Å²) in [6, 6.07) is 2.08. The topological polar surface area (TPSA) is 79.3 Å². The Bertz CT molecular complexity index is 637. The van der Waals surface area contributed by atoms with Gasteiger partial charge in [0, 0.05) is 31.0 Å². The molecule has 0 aliphatic carbocycles. The number of anilines is 2. The Morgan fingerprint density at radius 1 is 1.43 bits per heavy atom. The first-order chi connectivity index (χ1) is 10.1. The van der Waals surface area contributed by atoms with Crippen molar-refractivity contribution >= 4 is 33.3 Å². The molecule has 2 aromatic rings. The number of aryl methyl sites for hydroxylation is 1. The number of rotatable bonds is 5. The molecule has 6 nitrogen and oxygen atoms in total. The highest BCUT2D eigenvalue weighted by Gasteiger charge is 2.32. The minimum absolute atomic E-state index is 0.372. The molecule has 0 saturated carbocycles. The number of fused-ring (bicyclic) bond motifs is 1. The van der Waals surface area contributed by atoms with E-state index in [0.717, 1.165) is 22.6 Å². The first-order valence-electron chi connectivity index (χ1n) is 7.16. The molecule has 1 unspecified atom stereocenters. The summed E-state index contributed by atoms with van der Waals surface area (Å²) in [6.07, 6.45) is 0.650. The van der Waals surface area contributed by atoms with E-state index in [9.17, 15) is 5.11 Å². The van der Waals surface area contributed by atoms with Gasteiger partial charge in [-0.05, 0) is 19.9 Å². The van der Waals surface area contributed by atoms with Crippen LogP contribution in [0.5, 0.6) is 0 Å². The fourth-order valence-electron chi connectivity index (χ4n) is 2.40. The monoisotopic (exact) mass is 308 g/mol. The summed E-state index contributed by atoms with van der Waals surface area (Å²) in [5, 5.41) is 17.8. The summed E-state index contributed by atoms with van der Waals surface area (Å²) in [5.74, 6) is 1.38. The molecule has 114 valence electrons. The standard InChI is InChI=1S/C14H20N4O2S/c1-3-15-13-17-11(10-6-9(2)21-12(10)18-13)16-7-14(19)4-5-20-8-14/h6,19H,3-5,7-8H2,1-2H3,(H2,15,16,17,18). The van der Waals surface area contributed by atoms with Gasteiger partial charge in [-0.15, -0.1) is 11.3 Å². The van der Waals surface area contributed by atoms with Gasteiger partial charge in [-0.2, -0.15) is 4.98 Å². The fraction of sp³-hybridized carbons (Fsp3) is 0.571. The Morgan fingerprint density at radius 2 is 2.29 bits per heavy atom. The molecule has 3 N–H and O–H groups in total. The molecule has 1 atom stereocenters. The number of nitrogens with zero attached hydrogens (tertiary/aromatic N) is 2. The molecule has 21 heavy (non-hydrogen) atoms. The maximum absolute atomic E-state index is 10.4. The second-order valence-corrected chi connectivity index (χ2v) is 6.62. The molecular formula is C14H20N4O2S. The highest BCUT2D eigenvalue weighted by atomic mass is 32.1. The Morgan fingerprint density at radius 3 is 3.00 bits per heavy atom. The normalized spacial score (nSPS) is 21.9. The van der Waals surface area contributed by atoms with E-state index in [1.165, 1.54) is 4.88 Å². The molecular weight excluding hydrogens is 288 g/mol. The Hall–Kier alpha value is -1.44. The van der Waals surface area contributed by atoms with Crippen LogP contribution in [0.2, 0.25) is 0 Å². The smallest absolute Gasteiger partial charge is 0.226 e. The van der Waals surface area contributed by atoms with Crippen molar-refractivity contribution in [2.45, 2.75) is 25.9 Å². The summed E-state index contributed by atoms with van der Waals surface area (Å²) >= 11 is 1.65. The minimum atomic E-state index is -0.805. The van der Waals surface area contributed by atoms with Crippen LogP contribution in [0.4, 0.5) is 11.8 Å². The van der Waals surface area contributed by atoms with E-state index in [0.29, 0.717) is 32.1 Å². The van der Waals surface area contributed by atoms with Crippen molar-refractivity contribution < 1.29 is 9.84 Å². The third-order valence-electron chi connectivity index (χ3n) is 3.52. The van der Waals surface area contributed by atoms with E-state index < -0.39 is 5.60 Å². The lowest BCUT2D eigenvalue weighted by atomic mass is 10.0. The average molecular weight is 308 g/mol. The fourth-order valence-corrected chi connectivity index (χ4v) is 3.28. The van der Waals surface area contributed by atoms with Crippen molar-refractivity contribution in [2.24, 2.45) is 0 Å². The number of ether oxygens (including phenoxy) is 1. The molecule has 0 radical (unpaired) electrons. The Kier molecular flexibility index (Phi) is 3.97. The lowest BCUT2D eigenvalue weighted by Gasteiger charge is -2.21. The second kappa shape index (κ2) is 5.75. The minimum Gasteiger partial charge on any atom is -0.386 e. The van der Waals surface area contributed by atoms with E-state index in [2.05, 4.69) is 33.6 Å². The molecule has 0 aromatic carbocycles. The van der Waals surface area contributed by atoms with Crippen LogP contribution in [0.25, 0.3) is 10.2 Å². The summed E-state index contributed by atoms with van der Waals surface area (Å²) in [5.41, 5.74) is -0.805. The van der Waals surface area contributed by atoms with Crippen LogP contribution in [0.1, 0.15) is 18.2 Å². The van der Waals surface area contributed by atoms with Crippen LogP contribution in [0.15, 0.2) is 6.07 Å². The number of hydrogen-bond acceptors (Lipinski definition) is 7. The highest BCUT2D eigenvalue weighted by molar-refractivity contribution is 7.18. The predicted molar refractivity (Wildman–Crippen MR) is 85.2 cm³/mol. The van der Waals surface area contributed by atoms with Gasteiger partial charge in [0.25, 0.3) is 0 Å². The van der Waals surface area contributed by atoms with Gasteiger partial charge < -0.3 is 20.5 Å². The van der Waals surface area contributed by atoms with Gasteiger partial charge in [0.15, 0.2) is 0 Å². The molecule has 3 heterocycles. The molecule has 1 fully saturated rings. The summed E-state index contributed by atoms with van der Waals surface area (Å²) in [6.45, 7) is 6.25. The lowest BCUT2D eigenvalue weighted by Crippen LogP contribution is -2.37. The number of aliphatic hydroxyl groups is 1. The van der Waals surface area contributed by atoms with Crippen LogP contribution in [-0.4, -0.2) is 47.0 Å². The molecule has 0 spiro atoms. The van der Waals surface area contributed by atoms with Gasteiger partial charge in [-0.3, -0.25) is 0 Å². The van der Waals surface area contributed by atoms with Crippen molar-refractivity contribution in [3.63, 3.8) is 0 Å². The number of aromatic nitrogens is 2. The predicted octanol–water partition coefficient (Wildman–Crippen LogP) is 1.99. The highest BCUT2D eigenvalue weighted by Crippen LogP contribution is 2.30. The van der Waals surface area contributed by atoms with E-state index in [1.54, 1.807) is 11.3 Å². The Labute approximate surface area is 127 Å².